The fourth-order valence-corrected chi connectivity index (χ4v) is 4.97. The number of nitrogens with zero attached hydrogens (tertiary/aromatic N) is 1. The maximum Gasteiger partial charge on any atom is 0.225 e. The van der Waals surface area contributed by atoms with Crippen LogP contribution in [0.15, 0.2) is 12.1 Å². The topological polar surface area (TPSA) is 74.0 Å². The van der Waals surface area contributed by atoms with Crippen molar-refractivity contribution >= 4 is 5.91 Å². The molecule has 1 aliphatic heterocycles. The molecule has 6 nitrogen and oxygen atoms in total. The van der Waals surface area contributed by atoms with Crippen molar-refractivity contribution in [2.45, 2.75) is 26.8 Å². The Hall–Kier alpha value is -1.95. The maximum atomic E-state index is 12.1. The number of carbonyl (C=O) groups excluding carboxylic acids is 1. The summed E-state index contributed by atoms with van der Waals surface area (Å²) in [7, 11) is 4.83. The molecule has 0 unspecified atom stereocenters. The molecule has 1 saturated carbocycles. The summed E-state index contributed by atoms with van der Waals surface area (Å²) in [4.78, 5) is 14.4. The zero-order chi connectivity index (χ0) is 18.4. The van der Waals surface area contributed by atoms with Gasteiger partial charge in [0.1, 0.15) is 0 Å². The summed E-state index contributed by atoms with van der Waals surface area (Å²) in [6, 6.07) is 3.87. The molecule has 1 aromatic rings. The predicted octanol–water partition coefficient (Wildman–Crippen LogP) is 2.05. The average molecular weight is 348 g/mol. The second-order valence-electron chi connectivity index (χ2n) is 7.90. The lowest BCUT2D eigenvalue weighted by Gasteiger charge is -2.54. The van der Waals surface area contributed by atoms with Crippen molar-refractivity contribution in [3.63, 3.8) is 0 Å². The maximum absolute atomic E-state index is 12.1. The number of nitrogens with two attached hydrogens (primary N) is 1. The van der Waals surface area contributed by atoms with Crippen LogP contribution in [0.4, 0.5) is 0 Å². The van der Waals surface area contributed by atoms with Crippen molar-refractivity contribution in [3.05, 3.63) is 17.7 Å². The van der Waals surface area contributed by atoms with Crippen LogP contribution in [0.5, 0.6) is 17.2 Å². The SMILES string of the molecule is COc1ccc(CN2C[C@@H]3C(C)(C)C[C@]3(C(N)=O)C2)c(OC)c1OC. The summed E-state index contributed by atoms with van der Waals surface area (Å²) in [5.74, 6) is 2.05. The minimum Gasteiger partial charge on any atom is -0.493 e. The average Bonchev–Trinajstić information content (AvgIpc) is 2.89. The Balaban J connectivity index is 1.86. The van der Waals surface area contributed by atoms with E-state index in [1.54, 1.807) is 21.3 Å². The molecule has 2 atom stereocenters. The molecular weight excluding hydrogens is 320 g/mol. The van der Waals surface area contributed by atoms with Gasteiger partial charge in [0.15, 0.2) is 11.5 Å². The van der Waals surface area contributed by atoms with Crippen LogP contribution in [0.25, 0.3) is 0 Å². The molecular formula is C19H28N2O4. The quantitative estimate of drug-likeness (QED) is 0.852. The van der Waals surface area contributed by atoms with Gasteiger partial charge in [-0.05, 0) is 23.8 Å². The van der Waals surface area contributed by atoms with Gasteiger partial charge in [-0.15, -0.1) is 0 Å². The third-order valence-electron chi connectivity index (χ3n) is 6.00. The van der Waals surface area contributed by atoms with Gasteiger partial charge < -0.3 is 19.9 Å². The molecule has 1 aliphatic carbocycles. The van der Waals surface area contributed by atoms with E-state index in [4.69, 9.17) is 19.9 Å². The van der Waals surface area contributed by atoms with E-state index in [0.717, 1.165) is 18.5 Å². The van der Waals surface area contributed by atoms with Gasteiger partial charge in [-0.3, -0.25) is 9.69 Å². The molecule has 0 bridgehead atoms. The highest BCUT2D eigenvalue weighted by Gasteiger charge is 2.65. The minimum atomic E-state index is -0.382. The molecule has 2 aliphatic rings. The van der Waals surface area contributed by atoms with Gasteiger partial charge in [-0.1, -0.05) is 19.9 Å². The van der Waals surface area contributed by atoms with E-state index in [9.17, 15) is 4.79 Å². The van der Waals surface area contributed by atoms with Crippen molar-refractivity contribution in [2.75, 3.05) is 34.4 Å². The third kappa shape index (κ3) is 2.63. The zero-order valence-corrected chi connectivity index (χ0v) is 15.7. The van der Waals surface area contributed by atoms with Crippen LogP contribution in [0.1, 0.15) is 25.8 Å². The van der Waals surface area contributed by atoms with E-state index >= 15 is 0 Å². The highest BCUT2D eigenvalue weighted by atomic mass is 16.5. The van der Waals surface area contributed by atoms with Gasteiger partial charge in [0.05, 0.1) is 26.7 Å². The van der Waals surface area contributed by atoms with Gasteiger partial charge in [-0.2, -0.15) is 0 Å². The molecule has 138 valence electrons. The van der Waals surface area contributed by atoms with E-state index in [-0.39, 0.29) is 16.7 Å². The van der Waals surface area contributed by atoms with E-state index < -0.39 is 0 Å². The molecule has 6 heteroatoms. The fraction of sp³-hybridized carbons (Fsp3) is 0.632. The van der Waals surface area contributed by atoms with Crippen LogP contribution in [0.3, 0.4) is 0 Å². The Morgan fingerprint density at radius 1 is 1.20 bits per heavy atom. The predicted molar refractivity (Wildman–Crippen MR) is 94.9 cm³/mol. The second-order valence-corrected chi connectivity index (χ2v) is 7.90. The molecule has 0 radical (unpaired) electrons. The number of ether oxygens (including phenoxy) is 3. The summed E-state index contributed by atoms with van der Waals surface area (Å²) >= 11 is 0. The molecule has 2 fully saturated rings. The molecule has 1 heterocycles. The Kier molecular flexibility index (Phi) is 4.35. The highest BCUT2D eigenvalue weighted by Crippen LogP contribution is 2.62. The van der Waals surface area contributed by atoms with Crippen molar-refractivity contribution in [3.8, 4) is 17.2 Å². The van der Waals surface area contributed by atoms with E-state index in [2.05, 4.69) is 18.7 Å². The van der Waals surface area contributed by atoms with Crippen molar-refractivity contribution in [2.24, 2.45) is 22.5 Å². The number of carbonyl (C=O) groups is 1. The number of likely N-dealkylation sites (tertiary alicyclic amines) is 1. The summed E-state index contributed by atoms with van der Waals surface area (Å²) in [6.45, 7) is 6.70. The van der Waals surface area contributed by atoms with E-state index in [0.29, 0.717) is 36.3 Å². The minimum absolute atomic E-state index is 0.158. The first-order chi connectivity index (χ1) is 11.8. The molecule has 0 aromatic heterocycles. The molecule has 25 heavy (non-hydrogen) atoms. The monoisotopic (exact) mass is 348 g/mol. The lowest BCUT2D eigenvalue weighted by Crippen LogP contribution is -2.59. The third-order valence-corrected chi connectivity index (χ3v) is 6.00. The molecule has 1 saturated heterocycles. The zero-order valence-electron chi connectivity index (χ0n) is 15.7. The normalized spacial score (nSPS) is 27.3. The van der Waals surface area contributed by atoms with Crippen LogP contribution >= 0.6 is 0 Å². The number of hydrogen-bond acceptors (Lipinski definition) is 5. The highest BCUT2D eigenvalue weighted by molar-refractivity contribution is 5.83. The summed E-state index contributed by atoms with van der Waals surface area (Å²) in [5, 5.41) is 0. The Bertz CT molecular complexity index is 688. The fourth-order valence-electron chi connectivity index (χ4n) is 4.97. The van der Waals surface area contributed by atoms with Gasteiger partial charge >= 0.3 is 0 Å². The number of benzene rings is 1. The Morgan fingerprint density at radius 2 is 1.88 bits per heavy atom. The first kappa shape index (κ1) is 17.9. The Labute approximate surface area is 149 Å². The number of primary amides is 1. The van der Waals surface area contributed by atoms with Crippen LogP contribution in [-0.4, -0.2) is 45.2 Å². The van der Waals surface area contributed by atoms with Crippen LogP contribution in [0, 0.1) is 16.7 Å². The van der Waals surface area contributed by atoms with Crippen molar-refractivity contribution in [1.82, 2.24) is 4.90 Å². The van der Waals surface area contributed by atoms with Crippen molar-refractivity contribution < 1.29 is 19.0 Å². The number of hydrogen-bond donors (Lipinski definition) is 1. The molecule has 1 amide bonds. The van der Waals surface area contributed by atoms with Crippen molar-refractivity contribution in [1.29, 1.82) is 0 Å². The van der Waals surface area contributed by atoms with Crippen LogP contribution in [-0.2, 0) is 11.3 Å². The van der Waals surface area contributed by atoms with E-state index in [1.165, 1.54) is 0 Å². The standard InChI is InChI=1S/C19H28N2O4/c1-18(2)10-19(17(20)22)11-21(9-14(18)19)8-12-6-7-13(23-3)16(25-5)15(12)24-4/h6-7,14H,8-11H2,1-5H3,(H2,20,22)/t14-,19+/m1/s1. The summed E-state index contributed by atoms with van der Waals surface area (Å²) in [6.07, 6.45) is 0.861. The molecule has 0 spiro atoms. The van der Waals surface area contributed by atoms with Gasteiger partial charge in [0.2, 0.25) is 11.7 Å². The van der Waals surface area contributed by atoms with Gasteiger partial charge in [0.25, 0.3) is 0 Å². The Morgan fingerprint density at radius 3 is 2.36 bits per heavy atom. The largest absolute Gasteiger partial charge is 0.493 e. The number of amides is 1. The lowest BCUT2D eigenvalue weighted by atomic mass is 9.48. The lowest BCUT2D eigenvalue weighted by molar-refractivity contribution is -0.148. The summed E-state index contributed by atoms with van der Waals surface area (Å²) < 4.78 is 16.4. The second kappa shape index (κ2) is 6.09. The number of rotatable bonds is 6. The first-order valence-electron chi connectivity index (χ1n) is 8.59. The molecule has 3 rings (SSSR count). The molecule has 2 N–H and O–H groups in total. The number of methoxy groups -OCH3 is 3. The van der Waals surface area contributed by atoms with E-state index in [1.807, 2.05) is 12.1 Å². The number of fused-ring (bicyclic) bond motifs is 1. The van der Waals surface area contributed by atoms with Crippen LogP contribution in [0.2, 0.25) is 0 Å². The van der Waals surface area contributed by atoms with Crippen LogP contribution < -0.4 is 19.9 Å². The smallest absolute Gasteiger partial charge is 0.225 e. The van der Waals surface area contributed by atoms with Gasteiger partial charge in [-0.25, -0.2) is 0 Å². The molecule has 1 aromatic carbocycles. The first-order valence-corrected chi connectivity index (χ1v) is 8.59. The van der Waals surface area contributed by atoms with Gasteiger partial charge in [0, 0.05) is 25.2 Å². The summed E-state index contributed by atoms with van der Waals surface area (Å²) in [5.41, 5.74) is 6.55.